The Bertz CT molecular complexity index is 358. The van der Waals surface area contributed by atoms with Crippen LogP contribution in [0, 0.1) is 6.92 Å². The van der Waals surface area contributed by atoms with E-state index in [4.69, 9.17) is 5.21 Å². The van der Waals surface area contributed by atoms with E-state index in [0.29, 0.717) is 16.8 Å². The van der Waals surface area contributed by atoms with Gasteiger partial charge in [-0.1, -0.05) is 5.16 Å². The largest absolute Gasteiger partial charge is 0.508 e. The number of hydrogen-bond acceptors (Lipinski definition) is 4. The zero-order valence-electron chi connectivity index (χ0n) is 7.44. The Hall–Kier alpha value is -1.71. The summed E-state index contributed by atoms with van der Waals surface area (Å²) in [4.78, 5) is 0. The first-order valence-electron chi connectivity index (χ1n) is 3.78. The molecule has 0 aliphatic rings. The lowest BCUT2D eigenvalue weighted by molar-refractivity contribution is 0.318. The minimum absolute atomic E-state index is 0.0204. The summed E-state index contributed by atoms with van der Waals surface area (Å²) in [5.74, 6) is -0.0395. The van der Waals surface area contributed by atoms with Crippen molar-refractivity contribution < 1.29 is 15.4 Å². The van der Waals surface area contributed by atoms with Crippen molar-refractivity contribution in [1.82, 2.24) is 0 Å². The molecule has 0 spiro atoms. The molecule has 4 nitrogen and oxygen atoms in total. The monoisotopic (exact) mass is 181 g/mol. The third kappa shape index (κ3) is 1.56. The quantitative estimate of drug-likeness (QED) is 0.350. The van der Waals surface area contributed by atoms with Crippen LogP contribution in [0.3, 0.4) is 0 Å². The molecule has 3 N–H and O–H groups in total. The predicted octanol–water partition coefficient (Wildman–Crippen LogP) is 1.60. The number of phenols is 2. The summed E-state index contributed by atoms with van der Waals surface area (Å²) in [5.41, 5.74) is 1.10. The van der Waals surface area contributed by atoms with Gasteiger partial charge in [0.05, 0.1) is 5.71 Å². The topological polar surface area (TPSA) is 73.1 Å². The molecule has 0 atom stereocenters. The van der Waals surface area contributed by atoms with Crippen molar-refractivity contribution in [2.24, 2.45) is 5.16 Å². The van der Waals surface area contributed by atoms with Gasteiger partial charge in [-0.05, 0) is 26.0 Å². The zero-order chi connectivity index (χ0) is 10.0. The van der Waals surface area contributed by atoms with E-state index >= 15 is 0 Å². The number of rotatable bonds is 1. The van der Waals surface area contributed by atoms with Gasteiger partial charge in [0.15, 0.2) is 0 Å². The molecule has 0 fully saturated rings. The lowest BCUT2D eigenvalue weighted by atomic mass is 10.1. The Morgan fingerprint density at radius 1 is 1.31 bits per heavy atom. The van der Waals surface area contributed by atoms with Gasteiger partial charge in [-0.3, -0.25) is 0 Å². The maximum Gasteiger partial charge on any atom is 0.131 e. The summed E-state index contributed by atoms with van der Waals surface area (Å²) in [5, 5.41) is 30.2. The van der Waals surface area contributed by atoms with Crippen LogP contribution < -0.4 is 0 Å². The first-order chi connectivity index (χ1) is 6.07. The van der Waals surface area contributed by atoms with Crippen molar-refractivity contribution in [1.29, 1.82) is 0 Å². The maximum atomic E-state index is 9.53. The Kier molecular flexibility index (Phi) is 2.41. The molecule has 0 aliphatic heterocycles. The van der Waals surface area contributed by atoms with Gasteiger partial charge in [0.2, 0.25) is 0 Å². The van der Waals surface area contributed by atoms with Crippen molar-refractivity contribution in [3.8, 4) is 11.5 Å². The highest BCUT2D eigenvalue weighted by atomic mass is 16.4. The number of benzene rings is 1. The van der Waals surface area contributed by atoms with Crippen molar-refractivity contribution >= 4 is 5.71 Å². The van der Waals surface area contributed by atoms with Gasteiger partial charge in [-0.25, -0.2) is 0 Å². The van der Waals surface area contributed by atoms with Gasteiger partial charge in [0.25, 0.3) is 0 Å². The van der Waals surface area contributed by atoms with E-state index in [1.807, 2.05) is 0 Å². The average molecular weight is 181 g/mol. The molecule has 1 aromatic rings. The van der Waals surface area contributed by atoms with Crippen LogP contribution in [-0.2, 0) is 0 Å². The molecule has 4 heteroatoms. The van der Waals surface area contributed by atoms with Crippen LogP contribution in [0.4, 0.5) is 0 Å². The molecule has 0 bridgehead atoms. The lowest BCUT2D eigenvalue weighted by Crippen LogP contribution is -1.96. The van der Waals surface area contributed by atoms with Crippen LogP contribution in [-0.4, -0.2) is 21.1 Å². The Balaban J connectivity index is 3.34. The van der Waals surface area contributed by atoms with E-state index in [2.05, 4.69) is 5.16 Å². The molecule has 0 aliphatic carbocycles. The van der Waals surface area contributed by atoms with Crippen LogP contribution in [0.5, 0.6) is 11.5 Å². The predicted molar refractivity (Wildman–Crippen MR) is 48.5 cm³/mol. The molecule has 0 saturated carbocycles. The molecule has 0 amide bonds. The smallest absolute Gasteiger partial charge is 0.131 e. The zero-order valence-corrected chi connectivity index (χ0v) is 7.44. The molecule has 0 radical (unpaired) electrons. The number of nitrogens with zero attached hydrogens (tertiary/aromatic N) is 1. The van der Waals surface area contributed by atoms with Gasteiger partial charge < -0.3 is 15.4 Å². The van der Waals surface area contributed by atoms with Crippen LogP contribution >= 0.6 is 0 Å². The standard InChI is InChI=1S/C9H11NO3/c1-5-8(11)4-3-7(9(5)12)6(2)10-13/h3-4,11-13H,1-2H3/b10-6+. The van der Waals surface area contributed by atoms with Crippen LogP contribution in [0.2, 0.25) is 0 Å². The first-order valence-corrected chi connectivity index (χ1v) is 3.78. The van der Waals surface area contributed by atoms with E-state index < -0.39 is 0 Å². The fourth-order valence-corrected chi connectivity index (χ4v) is 1.04. The van der Waals surface area contributed by atoms with Gasteiger partial charge in [-0.2, -0.15) is 0 Å². The molecule has 0 heterocycles. The number of aromatic hydroxyl groups is 2. The first kappa shape index (κ1) is 9.38. The summed E-state index contributed by atoms with van der Waals surface area (Å²) in [7, 11) is 0. The van der Waals surface area contributed by atoms with E-state index in [-0.39, 0.29) is 11.5 Å². The second kappa shape index (κ2) is 3.35. The molecular formula is C9H11NO3. The number of oxime groups is 1. The third-order valence-electron chi connectivity index (χ3n) is 1.94. The van der Waals surface area contributed by atoms with Crippen molar-refractivity contribution in [2.45, 2.75) is 13.8 Å². The summed E-state index contributed by atoms with van der Waals surface area (Å²) in [6, 6.07) is 2.94. The fourth-order valence-electron chi connectivity index (χ4n) is 1.04. The summed E-state index contributed by atoms with van der Waals surface area (Å²) >= 11 is 0. The highest BCUT2D eigenvalue weighted by Gasteiger charge is 2.10. The molecule has 0 aromatic heterocycles. The minimum atomic E-state index is -0.0599. The van der Waals surface area contributed by atoms with Gasteiger partial charge in [-0.15, -0.1) is 0 Å². The van der Waals surface area contributed by atoms with Crippen molar-refractivity contribution in [3.63, 3.8) is 0 Å². The van der Waals surface area contributed by atoms with Gasteiger partial charge >= 0.3 is 0 Å². The molecule has 1 aromatic carbocycles. The van der Waals surface area contributed by atoms with Gasteiger partial charge in [0, 0.05) is 11.1 Å². The average Bonchev–Trinajstić information content (AvgIpc) is 2.13. The fraction of sp³-hybridized carbons (Fsp3) is 0.222. The van der Waals surface area contributed by atoms with E-state index in [1.165, 1.54) is 12.1 Å². The Morgan fingerprint density at radius 2 is 1.92 bits per heavy atom. The van der Waals surface area contributed by atoms with E-state index in [0.717, 1.165) is 0 Å². The lowest BCUT2D eigenvalue weighted by Gasteiger charge is -2.06. The van der Waals surface area contributed by atoms with Gasteiger partial charge in [0.1, 0.15) is 11.5 Å². The Morgan fingerprint density at radius 3 is 2.46 bits per heavy atom. The molecular weight excluding hydrogens is 170 g/mol. The number of phenolic OH excluding ortho intramolecular Hbond substituents is 2. The third-order valence-corrected chi connectivity index (χ3v) is 1.94. The minimum Gasteiger partial charge on any atom is -0.508 e. The van der Waals surface area contributed by atoms with Crippen molar-refractivity contribution in [2.75, 3.05) is 0 Å². The second-order valence-electron chi connectivity index (χ2n) is 2.79. The summed E-state index contributed by atoms with van der Waals surface area (Å²) < 4.78 is 0. The van der Waals surface area contributed by atoms with Crippen LogP contribution in [0.25, 0.3) is 0 Å². The number of hydrogen-bond donors (Lipinski definition) is 3. The SMILES string of the molecule is C/C(=N\O)c1ccc(O)c(C)c1O. The van der Waals surface area contributed by atoms with Crippen molar-refractivity contribution in [3.05, 3.63) is 23.3 Å². The maximum absolute atomic E-state index is 9.53. The highest BCUT2D eigenvalue weighted by molar-refractivity contribution is 6.01. The molecule has 0 unspecified atom stereocenters. The molecule has 70 valence electrons. The van der Waals surface area contributed by atoms with E-state index in [9.17, 15) is 10.2 Å². The molecule has 1 rings (SSSR count). The Labute approximate surface area is 75.8 Å². The highest BCUT2D eigenvalue weighted by Crippen LogP contribution is 2.29. The van der Waals surface area contributed by atoms with Crippen LogP contribution in [0.15, 0.2) is 17.3 Å². The second-order valence-corrected chi connectivity index (χ2v) is 2.79. The van der Waals surface area contributed by atoms with Crippen LogP contribution in [0.1, 0.15) is 18.1 Å². The normalized spacial score (nSPS) is 11.7. The van der Waals surface area contributed by atoms with E-state index in [1.54, 1.807) is 13.8 Å². The summed E-state index contributed by atoms with van der Waals surface area (Å²) in [6.45, 7) is 3.14. The molecule has 13 heavy (non-hydrogen) atoms. The molecule has 0 saturated heterocycles. The summed E-state index contributed by atoms with van der Waals surface area (Å²) in [6.07, 6.45) is 0.